The molecule has 0 spiro atoms. The minimum Gasteiger partial charge on any atom is -0.497 e. The predicted octanol–water partition coefficient (Wildman–Crippen LogP) is 2.85. The lowest BCUT2D eigenvalue weighted by molar-refractivity contribution is 0.0679. The molecule has 2 bridgehead atoms. The van der Waals surface area contributed by atoms with Gasteiger partial charge in [-0.3, -0.25) is 4.79 Å². The zero-order valence-electron chi connectivity index (χ0n) is 12.0. The monoisotopic (exact) mass is 374 g/mol. The van der Waals surface area contributed by atoms with E-state index in [1.165, 1.54) is 0 Å². The number of ether oxygens (including phenoxy) is 1. The number of carbonyl (C=O) groups is 1. The summed E-state index contributed by atoms with van der Waals surface area (Å²) in [7, 11) is 1.62. The standard InChI is InChI=1S/C15H19BrN2O2.ClH/c1-20-12-4-5-14(16)13(8-12)15(19)18-10-2-3-11(18)9-17-7-6-10;/h4-5,8,10-11,17H,2-3,6-7,9H2,1H3;1H. The minimum absolute atomic E-state index is 0. The summed E-state index contributed by atoms with van der Waals surface area (Å²) in [5.41, 5.74) is 0.697. The Morgan fingerprint density at radius 1 is 1.33 bits per heavy atom. The van der Waals surface area contributed by atoms with Gasteiger partial charge in [0, 0.05) is 23.1 Å². The van der Waals surface area contributed by atoms with E-state index in [1.54, 1.807) is 7.11 Å². The van der Waals surface area contributed by atoms with E-state index in [0.717, 1.165) is 42.6 Å². The number of fused-ring (bicyclic) bond motifs is 2. The van der Waals surface area contributed by atoms with E-state index in [4.69, 9.17) is 4.74 Å². The van der Waals surface area contributed by atoms with Crippen LogP contribution in [-0.2, 0) is 0 Å². The molecule has 0 aliphatic carbocycles. The van der Waals surface area contributed by atoms with E-state index in [-0.39, 0.29) is 18.3 Å². The molecule has 21 heavy (non-hydrogen) atoms. The van der Waals surface area contributed by atoms with E-state index in [2.05, 4.69) is 26.1 Å². The maximum atomic E-state index is 12.9. The minimum atomic E-state index is 0. The lowest BCUT2D eigenvalue weighted by atomic mass is 10.1. The normalized spacial score (nSPS) is 24.2. The largest absolute Gasteiger partial charge is 0.497 e. The number of halogens is 2. The van der Waals surface area contributed by atoms with Crippen molar-refractivity contribution in [2.45, 2.75) is 31.3 Å². The predicted molar refractivity (Wildman–Crippen MR) is 88.4 cm³/mol. The van der Waals surface area contributed by atoms with E-state index in [9.17, 15) is 4.79 Å². The number of hydrogen-bond donors (Lipinski definition) is 1. The van der Waals surface area contributed by atoms with Gasteiger partial charge in [0.05, 0.1) is 12.7 Å². The molecule has 2 aliphatic rings. The van der Waals surface area contributed by atoms with Crippen LogP contribution in [0.3, 0.4) is 0 Å². The second kappa shape index (κ2) is 6.99. The molecule has 0 saturated carbocycles. The Morgan fingerprint density at radius 2 is 2.10 bits per heavy atom. The Bertz CT molecular complexity index is 512. The summed E-state index contributed by atoms with van der Waals surface area (Å²) in [4.78, 5) is 15.0. The van der Waals surface area contributed by atoms with Crippen LogP contribution < -0.4 is 10.1 Å². The van der Waals surface area contributed by atoms with Crippen molar-refractivity contribution in [3.05, 3.63) is 28.2 Å². The number of nitrogens with one attached hydrogen (secondary N) is 1. The Morgan fingerprint density at radius 3 is 2.86 bits per heavy atom. The number of nitrogens with zero attached hydrogens (tertiary/aromatic N) is 1. The molecule has 0 aromatic heterocycles. The highest BCUT2D eigenvalue weighted by atomic mass is 79.9. The van der Waals surface area contributed by atoms with Gasteiger partial charge in [-0.15, -0.1) is 12.4 Å². The van der Waals surface area contributed by atoms with Crippen molar-refractivity contribution in [2.24, 2.45) is 0 Å². The zero-order chi connectivity index (χ0) is 14.1. The maximum absolute atomic E-state index is 12.9. The number of carbonyl (C=O) groups excluding carboxylic acids is 1. The first-order valence-electron chi connectivity index (χ1n) is 7.07. The first-order valence-corrected chi connectivity index (χ1v) is 7.87. The Kier molecular flexibility index (Phi) is 5.52. The van der Waals surface area contributed by atoms with Crippen LogP contribution in [-0.4, -0.2) is 43.1 Å². The fourth-order valence-corrected chi connectivity index (χ4v) is 3.66. The van der Waals surface area contributed by atoms with Crippen LogP contribution in [0.4, 0.5) is 0 Å². The van der Waals surface area contributed by atoms with Crippen molar-refractivity contribution < 1.29 is 9.53 Å². The highest BCUT2D eigenvalue weighted by molar-refractivity contribution is 9.10. The number of hydrogen-bond acceptors (Lipinski definition) is 3. The number of amides is 1. The highest BCUT2D eigenvalue weighted by Gasteiger charge is 2.38. The summed E-state index contributed by atoms with van der Waals surface area (Å²) in [5.74, 6) is 0.837. The van der Waals surface area contributed by atoms with Gasteiger partial charge in [-0.1, -0.05) is 0 Å². The van der Waals surface area contributed by atoms with Crippen LogP contribution in [0.5, 0.6) is 5.75 Å². The first kappa shape index (κ1) is 16.6. The van der Waals surface area contributed by atoms with Crippen LogP contribution in [0, 0.1) is 0 Å². The lowest BCUT2D eigenvalue weighted by Crippen LogP contribution is -2.42. The van der Waals surface area contributed by atoms with E-state index in [1.807, 2.05) is 18.2 Å². The molecule has 2 fully saturated rings. The second-order valence-corrected chi connectivity index (χ2v) is 6.29. The fourth-order valence-electron chi connectivity index (χ4n) is 3.25. The Labute approximate surface area is 139 Å². The lowest BCUT2D eigenvalue weighted by Gasteiger charge is -2.28. The topological polar surface area (TPSA) is 41.6 Å². The molecule has 6 heteroatoms. The molecule has 0 radical (unpaired) electrons. The van der Waals surface area contributed by atoms with Crippen molar-refractivity contribution >= 4 is 34.2 Å². The molecule has 4 nitrogen and oxygen atoms in total. The number of rotatable bonds is 2. The third-order valence-electron chi connectivity index (χ3n) is 4.29. The summed E-state index contributed by atoms with van der Waals surface area (Å²) >= 11 is 3.49. The van der Waals surface area contributed by atoms with Crippen LogP contribution in [0.1, 0.15) is 29.6 Å². The van der Waals surface area contributed by atoms with Gasteiger partial charge >= 0.3 is 0 Å². The third kappa shape index (κ3) is 3.20. The zero-order valence-corrected chi connectivity index (χ0v) is 14.4. The highest BCUT2D eigenvalue weighted by Crippen LogP contribution is 2.32. The SMILES string of the molecule is COc1ccc(Br)c(C(=O)N2C3CCNCC2CC3)c1.Cl. The van der Waals surface area contributed by atoms with Crippen LogP contribution in [0.15, 0.2) is 22.7 Å². The molecule has 2 heterocycles. The molecule has 2 aliphatic heterocycles. The number of methoxy groups -OCH3 is 1. The first-order chi connectivity index (χ1) is 9.70. The van der Waals surface area contributed by atoms with Crippen LogP contribution in [0.2, 0.25) is 0 Å². The van der Waals surface area contributed by atoms with Gasteiger partial charge in [0.15, 0.2) is 0 Å². The molecule has 2 atom stereocenters. The van der Waals surface area contributed by atoms with Crippen molar-refractivity contribution in [3.63, 3.8) is 0 Å². The molecule has 3 rings (SSSR count). The summed E-state index contributed by atoms with van der Waals surface area (Å²) < 4.78 is 6.07. The molecule has 1 N–H and O–H groups in total. The van der Waals surface area contributed by atoms with Gasteiger partial charge in [-0.25, -0.2) is 0 Å². The molecule has 2 saturated heterocycles. The molecule has 2 unspecified atom stereocenters. The fraction of sp³-hybridized carbons (Fsp3) is 0.533. The summed E-state index contributed by atoms with van der Waals surface area (Å²) in [5, 5.41) is 3.42. The molecule has 1 amide bonds. The smallest absolute Gasteiger partial charge is 0.255 e. The molecule has 116 valence electrons. The Hall–Kier alpha value is -0.780. The Balaban J connectivity index is 0.00000161. The van der Waals surface area contributed by atoms with Gasteiger partial charge in [0.1, 0.15) is 5.75 Å². The van der Waals surface area contributed by atoms with Crippen molar-refractivity contribution in [1.29, 1.82) is 0 Å². The molecular formula is C15H20BrClN2O2. The quantitative estimate of drug-likeness (QED) is 0.864. The average Bonchev–Trinajstić information content (AvgIpc) is 2.72. The average molecular weight is 376 g/mol. The third-order valence-corrected chi connectivity index (χ3v) is 4.98. The van der Waals surface area contributed by atoms with Crippen molar-refractivity contribution in [1.82, 2.24) is 10.2 Å². The summed E-state index contributed by atoms with van der Waals surface area (Å²) in [6, 6.07) is 6.27. The second-order valence-electron chi connectivity index (χ2n) is 5.44. The summed E-state index contributed by atoms with van der Waals surface area (Å²) in [6.45, 7) is 1.91. The van der Waals surface area contributed by atoms with E-state index >= 15 is 0 Å². The maximum Gasteiger partial charge on any atom is 0.255 e. The van der Waals surface area contributed by atoms with Gasteiger partial charge in [0.2, 0.25) is 0 Å². The van der Waals surface area contributed by atoms with Gasteiger partial charge in [-0.05, 0) is 59.9 Å². The molecule has 1 aromatic carbocycles. The molecule has 1 aromatic rings. The van der Waals surface area contributed by atoms with E-state index < -0.39 is 0 Å². The van der Waals surface area contributed by atoms with Crippen molar-refractivity contribution in [3.8, 4) is 5.75 Å². The van der Waals surface area contributed by atoms with Gasteiger partial charge in [-0.2, -0.15) is 0 Å². The van der Waals surface area contributed by atoms with Crippen LogP contribution >= 0.6 is 28.3 Å². The van der Waals surface area contributed by atoms with Gasteiger partial charge in [0.25, 0.3) is 5.91 Å². The van der Waals surface area contributed by atoms with Crippen molar-refractivity contribution in [2.75, 3.05) is 20.2 Å². The molecular weight excluding hydrogens is 356 g/mol. The van der Waals surface area contributed by atoms with Crippen LogP contribution in [0.25, 0.3) is 0 Å². The summed E-state index contributed by atoms with van der Waals surface area (Å²) in [6.07, 6.45) is 3.27. The number of benzene rings is 1. The van der Waals surface area contributed by atoms with E-state index in [0.29, 0.717) is 17.6 Å². The van der Waals surface area contributed by atoms with Gasteiger partial charge < -0.3 is 15.0 Å².